The van der Waals surface area contributed by atoms with Crippen molar-refractivity contribution in [3.8, 4) is 5.75 Å². The molecule has 0 atom stereocenters. The largest absolute Gasteiger partial charge is 0.490 e. The third-order valence-electron chi connectivity index (χ3n) is 5.10. The SMILES string of the molecule is O=C(Cc1cccc2cccnc12)OCCOc1ccc(S(=O)(=O)N2CCOCC2)cc1. The van der Waals surface area contributed by atoms with Crippen LogP contribution in [0.1, 0.15) is 5.56 Å². The summed E-state index contributed by atoms with van der Waals surface area (Å²) in [6.07, 6.45) is 1.82. The lowest BCUT2D eigenvalue weighted by Gasteiger charge is -2.26. The van der Waals surface area contributed by atoms with E-state index >= 15 is 0 Å². The molecule has 0 spiro atoms. The Balaban J connectivity index is 1.25. The van der Waals surface area contributed by atoms with Crippen molar-refractivity contribution >= 4 is 26.9 Å². The minimum atomic E-state index is -3.54. The molecule has 32 heavy (non-hydrogen) atoms. The molecule has 8 nitrogen and oxygen atoms in total. The second-order valence-corrected chi connectivity index (χ2v) is 9.16. The predicted molar refractivity (Wildman–Crippen MR) is 118 cm³/mol. The van der Waals surface area contributed by atoms with Crippen LogP contribution in [-0.2, 0) is 30.7 Å². The van der Waals surface area contributed by atoms with E-state index in [1.807, 2.05) is 30.3 Å². The predicted octanol–water partition coefficient (Wildman–Crippen LogP) is 2.42. The number of nitrogens with zero attached hydrogens (tertiary/aromatic N) is 2. The van der Waals surface area contributed by atoms with Gasteiger partial charge in [-0.25, -0.2) is 8.42 Å². The molecule has 2 heterocycles. The number of ether oxygens (including phenoxy) is 3. The van der Waals surface area contributed by atoms with Gasteiger partial charge in [-0.1, -0.05) is 24.3 Å². The molecule has 1 aliphatic rings. The van der Waals surface area contributed by atoms with E-state index in [0.717, 1.165) is 16.5 Å². The monoisotopic (exact) mass is 456 g/mol. The number of aromatic nitrogens is 1. The summed E-state index contributed by atoms with van der Waals surface area (Å²) in [7, 11) is -3.54. The number of fused-ring (bicyclic) bond motifs is 1. The first-order valence-corrected chi connectivity index (χ1v) is 11.8. The third kappa shape index (κ3) is 5.24. The van der Waals surface area contributed by atoms with E-state index in [-0.39, 0.29) is 30.5 Å². The molecule has 0 aliphatic carbocycles. The van der Waals surface area contributed by atoms with Crippen LogP contribution < -0.4 is 4.74 Å². The van der Waals surface area contributed by atoms with Crippen molar-refractivity contribution < 1.29 is 27.4 Å². The molecular weight excluding hydrogens is 432 g/mol. The van der Waals surface area contributed by atoms with E-state index < -0.39 is 10.0 Å². The number of benzene rings is 2. The molecule has 0 bridgehead atoms. The molecule has 168 valence electrons. The minimum absolute atomic E-state index is 0.0882. The van der Waals surface area contributed by atoms with Crippen molar-refractivity contribution in [2.75, 3.05) is 39.5 Å². The molecular formula is C23H24N2O6S. The van der Waals surface area contributed by atoms with Crippen molar-refractivity contribution in [1.29, 1.82) is 0 Å². The first-order chi connectivity index (χ1) is 15.5. The second-order valence-electron chi connectivity index (χ2n) is 7.23. The van der Waals surface area contributed by atoms with Crippen LogP contribution in [0.15, 0.2) is 65.7 Å². The van der Waals surface area contributed by atoms with Gasteiger partial charge < -0.3 is 14.2 Å². The highest BCUT2D eigenvalue weighted by atomic mass is 32.2. The maximum absolute atomic E-state index is 12.6. The van der Waals surface area contributed by atoms with E-state index in [9.17, 15) is 13.2 Å². The van der Waals surface area contributed by atoms with Crippen LogP contribution in [0.4, 0.5) is 0 Å². The lowest BCUT2D eigenvalue weighted by Crippen LogP contribution is -2.40. The second kappa shape index (κ2) is 10.1. The molecule has 0 N–H and O–H groups in total. The quantitative estimate of drug-likeness (QED) is 0.379. The number of hydrogen-bond donors (Lipinski definition) is 0. The van der Waals surface area contributed by atoms with E-state index in [2.05, 4.69) is 4.98 Å². The topological polar surface area (TPSA) is 95.0 Å². The maximum atomic E-state index is 12.6. The van der Waals surface area contributed by atoms with E-state index in [4.69, 9.17) is 14.2 Å². The number of pyridine rings is 1. The Morgan fingerprint density at radius 1 is 1.00 bits per heavy atom. The number of morpholine rings is 1. The Morgan fingerprint density at radius 3 is 2.53 bits per heavy atom. The Morgan fingerprint density at radius 2 is 1.75 bits per heavy atom. The fourth-order valence-corrected chi connectivity index (χ4v) is 4.88. The zero-order chi connectivity index (χ0) is 22.4. The summed E-state index contributed by atoms with van der Waals surface area (Å²) < 4.78 is 42.7. The van der Waals surface area contributed by atoms with Crippen LogP contribution in [0.5, 0.6) is 5.75 Å². The summed E-state index contributed by atoms with van der Waals surface area (Å²) in [5.41, 5.74) is 1.60. The lowest BCUT2D eigenvalue weighted by atomic mass is 10.1. The van der Waals surface area contributed by atoms with Crippen molar-refractivity contribution in [3.63, 3.8) is 0 Å². The molecule has 3 aromatic rings. The number of para-hydroxylation sites is 1. The fraction of sp³-hybridized carbons (Fsp3) is 0.304. The normalized spacial score (nSPS) is 14.9. The Labute approximate surface area is 186 Å². The average molecular weight is 457 g/mol. The van der Waals surface area contributed by atoms with Gasteiger partial charge in [-0.3, -0.25) is 9.78 Å². The number of sulfonamides is 1. The average Bonchev–Trinajstić information content (AvgIpc) is 2.83. The van der Waals surface area contributed by atoms with Gasteiger partial charge in [0.1, 0.15) is 19.0 Å². The zero-order valence-electron chi connectivity index (χ0n) is 17.5. The third-order valence-corrected chi connectivity index (χ3v) is 7.01. The fourth-order valence-electron chi connectivity index (χ4n) is 3.48. The molecule has 1 fully saturated rings. The van der Waals surface area contributed by atoms with Gasteiger partial charge in [0, 0.05) is 24.7 Å². The van der Waals surface area contributed by atoms with Crippen LogP contribution in [0.2, 0.25) is 0 Å². The van der Waals surface area contributed by atoms with E-state index in [0.29, 0.717) is 32.1 Å². The molecule has 0 amide bonds. The Kier molecular flexibility index (Phi) is 6.99. The van der Waals surface area contributed by atoms with Gasteiger partial charge in [0.25, 0.3) is 0 Å². The van der Waals surface area contributed by atoms with Gasteiger partial charge in [0.15, 0.2) is 0 Å². The minimum Gasteiger partial charge on any atom is -0.490 e. The highest BCUT2D eigenvalue weighted by molar-refractivity contribution is 7.89. The van der Waals surface area contributed by atoms with Crippen LogP contribution in [-0.4, -0.2) is 63.2 Å². The molecule has 1 saturated heterocycles. The first kappa shape index (κ1) is 22.2. The molecule has 1 aliphatic heterocycles. The molecule has 4 rings (SSSR count). The summed E-state index contributed by atoms with van der Waals surface area (Å²) in [6.45, 7) is 1.74. The number of carbonyl (C=O) groups is 1. The number of esters is 1. The molecule has 2 aromatic carbocycles. The standard InChI is InChI=1S/C23H24N2O6S/c26-22(17-19-4-1-3-18-5-2-10-24-23(18)19)31-16-15-30-20-6-8-21(9-7-20)32(27,28)25-11-13-29-14-12-25/h1-10H,11-17H2. The van der Waals surface area contributed by atoms with E-state index in [1.165, 1.54) is 16.4 Å². The van der Waals surface area contributed by atoms with Crippen molar-refractivity contribution in [2.24, 2.45) is 0 Å². The van der Waals surface area contributed by atoms with Crippen molar-refractivity contribution in [2.45, 2.75) is 11.3 Å². The molecule has 1 aromatic heterocycles. The van der Waals surface area contributed by atoms with Crippen LogP contribution >= 0.6 is 0 Å². The molecule has 0 saturated carbocycles. The lowest BCUT2D eigenvalue weighted by molar-refractivity contribution is -0.143. The summed E-state index contributed by atoms with van der Waals surface area (Å²) in [6, 6.07) is 15.7. The molecule has 0 unspecified atom stereocenters. The van der Waals surface area contributed by atoms with Gasteiger partial charge in [-0.2, -0.15) is 4.31 Å². The molecule has 0 radical (unpaired) electrons. The zero-order valence-corrected chi connectivity index (χ0v) is 18.3. The summed E-state index contributed by atoms with van der Waals surface area (Å²) >= 11 is 0. The Bertz CT molecular complexity index is 1170. The first-order valence-electron chi connectivity index (χ1n) is 10.3. The van der Waals surface area contributed by atoms with Gasteiger partial charge in [-0.05, 0) is 35.9 Å². The Hall–Kier alpha value is -3.01. The van der Waals surface area contributed by atoms with Crippen LogP contribution in [0.3, 0.4) is 0 Å². The summed E-state index contributed by atoms with van der Waals surface area (Å²) in [5.74, 6) is 0.138. The number of rotatable bonds is 8. The van der Waals surface area contributed by atoms with Crippen LogP contribution in [0, 0.1) is 0 Å². The highest BCUT2D eigenvalue weighted by Crippen LogP contribution is 2.21. The van der Waals surface area contributed by atoms with Gasteiger partial charge in [0.2, 0.25) is 10.0 Å². The maximum Gasteiger partial charge on any atom is 0.310 e. The summed E-state index contributed by atoms with van der Waals surface area (Å²) in [5, 5.41) is 0.972. The molecule has 9 heteroatoms. The van der Waals surface area contributed by atoms with Crippen molar-refractivity contribution in [1.82, 2.24) is 9.29 Å². The smallest absolute Gasteiger partial charge is 0.310 e. The number of hydrogen-bond acceptors (Lipinski definition) is 7. The van der Waals surface area contributed by atoms with Crippen LogP contribution in [0.25, 0.3) is 10.9 Å². The van der Waals surface area contributed by atoms with Gasteiger partial charge in [0.05, 0.1) is 30.0 Å². The summed E-state index contributed by atoms with van der Waals surface area (Å²) in [4.78, 5) is 16.7. The highest BCUT2D eigenvalue weighted by Gasteiger charge is 2.26. The van der Waals surface area contributed by atoms with Crippen molar-refractivity contribution in [3.05, 3.63) is 66.4 Å². The van der Waals surface area contributed by atoms with Gasteiger partial charge >= 0.3 is 5.97 Å². The van der Waals surface area contributed by atoms with Gasteiger partial charge in [-0.15, -0.1) is 0 Å². The van der Waals surface area contributed by atoms with E-state index in [1.54, 1.807) is 18.3 Å². The number of carbonyl (C=O) groups excluding carboxylic acids is 1.